The first-order valence-corrected chi connectivity index (χ1v) is 7.36. The molecule has 0 saturated carbocycles. The number of rotatable bonds is 7. The minimum absolute atomic E-state index is 0.343. The smallest absolute Gasteiger partial charge is 0.120 e. The average molecular weight is 269 g/mol. The van der Waals surface area contributed by atoms with E-state index in [1.54, 1.807) is 6.07 Å². The second-order valence-corrected chi connectivity index (χ2v) is 5.12. The SMILES string of the molecule is CCCCC(NCc1ccccc1O)c1ccccc1. The molecule has 0 bridgehead atoms. The summed E-state index contributed by atoms with van der Waals surface area (Å²) in [6.45, 7) is 2.90. The fraction of sp³-hybridized carbons (Fsp3) is 0.333. The van der Waals surface area contributed by atoms with Gasteiger partial charge in [-0.25, -0.2) is 0 Å². The number of hydrogen-bond donors (Lipinski definition) is 2. The van der Waals surface area contributed by atoms with E-state index in [1.807, 2.05) is 24.3 Å². The van der Waals surface area contributed by atoms with Gasteiger partial charge in [-0.05, 0) is 18.1 Å². The van der Waals surface area contributed by atoms with E-state index < -0.39 is 0 Å². The molecule has 0 spiro atoms. The van der Waals surface area contributed by atoms with Gasteiger partial charge in [0.05, 0.1) is 0 Å². The van der Waals surface area contributed by atoms with Gasteiger partial charge in [0.2, 0.25) is 0 Å². The minimum Gasteiger partial charge on any atom is -0.508 e. The van der Waals surface area contributed by atoms with E-state index in [0.29, 0.717) is 18.3 Å². The summed E-state index contributed by atoms with van der Waals surface area (Å²) < 4.78 is 0. The molecule has 2 nitrogen and oxygen atoms in total. The van der Waals surface area contributed by atoms with Crippen LogP contribution in [-0.4, -0.2) is 5.11 Å². The molecule has 0 saturated heterocycles. The molecular weight excluding hydrogens is 246 g/mol. The van der Waals surface area contributed by atoms with Crippen molar-refractivity contribution < 1.29 is 5.11 Å². The Kier molecular flexibility index (Phi) is 5.63. The number of phenolic OH excluding ortho intramolecular Hbond substituents is 1. The lowest BCUT2D eigenvalue weighted by atomic mass is 10.0. The molecule has 2 rings (SSSR count). The molecule has 0 aliphatic heterocycles. The molecule has 1 atom stereocenters. The van der Waals surface area contributed by atoms with E-state index >= 15 is 0 Å². The Morgan fingerprint density at radius 3 is 2.40 bits per heavy atom. The fourth-order valence-corrected chi connectivity index (χ4v) is 2.37. The summed E-state index contributed by atoms with van der Waals surface area (Å²) in [5.74, 6) is 0.363. The third-order valence-electron chi connectivity index (χ3n) is 3.58. The zero-order chi connectivity index (χ0) is 14.2. The minimum atomic E-state index is 0.343. The van der Waals surface area contributed by atoms with Crippen molar-refractivity contribution in [2.24, 2.45) is 0 Å². The van der Waals surface area contributed by atoms with Gasteiger partial charge in [-0.3, -0.25) is 0 Å². The van der Waals surface area contributed by atoms with Crippen LogP contribution in [0.3, 0.4) is 0 Å². The van der Waals surface area contributed by atoms with Crippen LogP contribution in [0.2, 0.25) is 0 Å². The molecule has 2 N–H and O–H groups in total. The zero-order valence-corrected chi connectivity index (χ0v) is 12.0. The lowest BCUT2D eigenvalue weighted by Gasteiger charge is -2.19. The Morgan fingerprint density at radius 1 is 1.00 bits per heavy atom. The Balaban J connectivity index is 2.03. The molecule has 0 fully saturated rings. The molecule has 2 aromatic carbocycles. The summed E-state index contributed by atoms with van der Waals surface area (Å²) >= 11 is 0. The fourth-order valence-electron chi connectivity index (χ4n) is 2.37. The molecule has 2 heteroatoms. The first kappa shape index (κ1) is 14.6. The normalized spacial score (nSPS) is 12.2. The van der Waals surface area contributed by atoms with Crippen LogP contribution in [0.1, 0.15) is 43.4 Å². The average Bonchev–Trinajstić information content (AvgIpc) is 2.50. The Labute approximate surface area is 121 Å². The molecule has 20 heavy (non-hydrogen) atoms. The molecule has 0 amide bonds. The van der Waals surface area contributed by atoms with Gasteiger partial charge in [-0.15, -0.1) is 0 Å². The van der Waals surface area contributed by atoms with Gasteiger partial charge < -0.3 is 10.4 Å². The monoisotopic (exact) mass is 269 g/mol. The molecule has 106 valence electrons. The highest BCUT2D eigenvalue weighted by molar-refractivity contribution is 5.31. The van der Waals surface area contributed by atoms with Gasteiger partial charge >= 0.3 is 0 Å². The van der Waals surface area contributed by atoms with Crippen LogP contribution in [0.15, 0.2) is 54.6 Å². The number of phenols is 1. The van der Waals surface area contributed by atoms with E-state index in [4.69, 9.17) is 0 Å². The Bertz CT molecular complexity index is 510. The van der Waals surface area contributed by atoms with Gasteiger partial charge in [0.15, 0.2) is 0 Å². The summed E-state index contributed by atoms with van der Waals surface area (Å²) in [7, 11) is 0. The summed E-state index contributed by atoms with van der Waals surface area (Å²) in [5, 5.41) is 13.4. The Hall–Kier alpha value is -1.80. The Morgan fingerprint density at radius 2 is 1.70 bits per heavy atom. The van der Waals surface area contributed by atoms with Crippen LogP contribution in [0.25, 0.3) is 0 Å². The van der Waals surface area contributed by atoms with Gasteiger partial charge in [-0.1, -0.05) is 68.3 Å². The topological polar surface area (TPSA) is 32.3 Å². The predicted molar refractivity (Wildman–Crippen MR) is 83.7 cm³/mol. The quantitative estimate of drug-likeness (QED) is 0.780. The number of para-hydroxylation sites is 1. The lowest BCUT2D eigenvalue weighted by Crippen LogP contribution is -2.21. The number of unbranched alkanes of at least 4 members (excludes halogenated alkanes) is 1. The van der Waals surface area contributed by atoms with Crippen LogP contribution in [0, 0.1) is 0 Å². The largest absolute Gasteiger partial charge is 0.508 e. The van der Waals surface area contributed by atoms with Crippen LogP contribution < -0.4 is 5.32 Å². The van der Waals surface area contributed by atoms with E-state index in [-0.39, 0.29) is 0 Å². The van der Waals surface area contributed by atoms with Crippen LogP contribution in [0.4, 0.5) is 0 Å². The van der Waals surface area contributed by atoms with E-state index in [2.05, 4.69) is 36.5 Å². The van der Waals surface area contributed by atoms with Crippen molar-refractivity contribution in [3.63, 3.8) is 0 Å². The first-order chi connectivity index (χ1) is 9.81. The molecule has 0 heterocycles. The summed E-state index contributed by atoms with van der Waals surface area (Å²) in [4.78, 5) is 0. The molecule has 0 aliphatic carbocycles. The number of hydrogen-bond acceptors (Lipinski definition) is 2. The van der Waals surface area contributed by atoms with Crippen LogP contribution in [0.5, 0.6) is 5.75 Å². The summed E-state index contributed by atoms with van der Waals surface area (Å²) in [6, 6.07) is 18.4. The summed E-state index contributed by atoms with van der Waals surface area (Å²) in [6.07, 6.45) is 3.52. The summed E-state index contributed by atoms with van der Waals surface area (Å²) in [5.41, 5.74) is 2.27. The standard InChI is InChI=1S/C18H23NO/c1-2-3-12-17(15-9-5-4-6-10-15)19-14-16-11-7-8-13-18(16)20/h4-11,13,17,19-20H,2-3,12,14H2,1H3. The van der Waals surface area contributed by atoms with Crippen molar-refractivity contribution in [1.29, 1.82) is 0 Å². The molecule has 2 aromatic rings. The molecule has 0 aliphatic rings. The maximum absolute atomic E-state index is 9.83. The van der Waals surface area contributed by atoms with E-state index in [0.717, 1.165) is 12.0 Å². The molecule has 0 radical (unpaired) electrons. The van der Waals surface area contributed by atoms with Crippen molar-refractivity contribution in [2.75, 3.05) is 0 Å². The molecule has 1 unspecified atom stereocenters. The first-order valence-electron chi connectivity index (χ1n) is 7.36. The number of benzene rings is 2. The van der Waals surface area contributed by atoms with Crippen molar-refractivity contribution >= 4 is 0 Å². The number of nitrogens with one attached hydrogen (secondary N) is 1. The van der Waals surface area contributed by atoms with Gasteiger partial charge in [0, 0.05) is 18.2 Å². The highest BCUT2D eigenvalue weighted by atomic mass is 16.3. The second kappa shape index (κ2) is 7.71. The second-order valence-electron chi connectivity index (χ2n) is 5.12. The highest BCUT2D eigenvalue weighted by Crippen LogP contribution is 2.21. The highest BCUT2D eigenvalue weighted by Gasteiger charge is 2.10. The van der Waals surface area contributed by atoms with Crippen molar-refractivity contribution in [2.45, 2.75) is 38.8 Å². The van der Waals surface area contributed by atoms with Gasteiger partial charge in [0.1, 0.15) is 5.75 Å². The number of aromatic hydroxyl groups is 1. The maximum atomic E-state index is 9.83. The van der Waals surface area contributed by atoms with Crippen LogP contribution in [-0.2, 0) is 6.54 Å². The van der Waals surface area contributed by atoms with E-state index in [1.165, 1.54) is 18.4 Å². The van der Waals surface area contributed by atoms with Crippen molar-refractivity contribution in [3.05, 3.63) is 65.7 Å². The molecular formula is C18H23NO. The third-order valence-corrected chi connectivity index (χ3v) is 3.58. The third kappa shape index (κ3) is 4.10. The van der Waals surface area contributed by atoms with E-state index in [9.17, 15) is 5.11 Å². The predicted octanol–water partition coefficient (Wildman–Crippen LogP) is 4.41. The van der Waals surface area contributed by atoms with Crippen molar-refractivity contribution in [3.8, 4) is 5.75 Å². The van der Waals surface area contributed by atoms with Gasteiger partial charge in [0.25, 0.3) is 0 Å². The van der Waals surface area contributed by atoms with Crippen molar-refractivity contribution in [1.82, 2.24) is 5.32 Å². The van der Waals surface area contributed by atoms with Crippen LogP contribution >= 0.6 is 0 Å². The van der Waals surface area contributed by atoms with Gasteiger partial charge in [-0.2, -0.15) is 0 Å². The molecule has 0 aromatic heterocycles. The maximum Gasteiger partial charge on any atom is 0.120 e. The lowest BCUT2D eigenvalue weighted by molar-refractivity contribution is 0.447. The zero-order valence-electron chi connectivity index (χ0n) is 12.0.